The van der Waals surface area contributed by atoms with E-state index in [9.17, 15) is 4.39 Å². The largest absolute Gasteiger partial charge is 0.409 e. The summed E-state index contributed by atoms with van der Waals surface area (Å²) < 4.78 is 13.5. The first-order valence-electron chi connectivity index (χ1n) is 6.77. The van der Waals surface area contributed by atoms with Crippen molar-refractivity contribution < 1.29 is 9.60 Å². The highest BCUT2D eigenvalue weighted by molar-refractivity contribution is 5.85. The topological polar surface area (TPSA) is 61.8 Å². The average Bonchev–Trinajstić information content (AvgIpc) is 2.40. The molecule has 20 heavy (non-hydrogen) atoms. The molecule has 0 amide bonds. The summed E-state index contributed by atoms with van der Waals surface area (Å²) in [5.41, 5.74) is 6.02. The van der Waals surface area contributed by atoms with Crippen molar-refractivity contribution >= 4 is 5.84 Å². The van der Waals surface area contributed by atoms with Crippen molar-refractivity contribution in [1.82, 2.24) is 4.90 Å². The van der Waals surface area contributed by atoms with Crippen LogP contribution in [0.25, 0.3) is 0 Å². The monoisotopic (exact) mass is 281 g/mol. The highest BCUT2D eigenvalue weighted by Gasteiger charge is 2.23. The SMILES string of the molecule is CN(CCCC(C)(C)C(N)=NO)Cc1ccccc1F. The van der Waals surface area contributed by atoms with E-state index in [0.717, 1.165) is 19.4 Å². The summed E-state index contributed by atoms with van der Waals surface area (Å²) in [6.07, 6.45) is 1.71. The van der Waals surface area contributed by atoms with Gasteiger partial charge in [0.05, 0.1) is 0 Å². The fourth-order valence-corrected chi connectivity index (χ4v) is 2.05. The van der Waals surface area contributed by atoms with Gasteiger partial charge in [-0.05, 0) is 32.5 Å². The molecule has 1 rings (SSSR count). The van der Waals surface area contributed by atoms with Crippen LogP contribution >= 0.6 is 0 Å². The van der Waals surface area contributed by atoms with Crippen LogP contribution in [0.1, 0.15) is 32.3 Å². The molecule has 5 heteroatoms. The molecule has 0 aliphatic rings. The number of nitrogens with two attached hydrogens (primary N) is 1. The Labute approximate surface area is 120 Å². The van der Waals surface area contributed by atoms with Crippen LogP contribution in [0.15, 0.2) is 29.4 Å². The number of hydrogen-bond acceptors (Lipinski definition) is 3. The minimum atomic E-state index is -0.326. The predicted molar refractivity (Wildman–Crippen MR) is 79.2 cm³/mol. The first-order valence-corrected chi connectivity index (χ1v) is 6.77. The van der Waals surface area contributed by atoms with Gasteiger partial charge in [-0.3, -0.25) is 0 Å². The third-order valence-electron chi connectivity index (χ3n) is 3.54. The Hall–Kier alpha value is -1.62. The normalized spacial score (nSPS) is 12.9. The Morgan fingerprint density at radius 1 is 1.40 bits per heavy atom. The summed E-state index contributed by atoms with van der Waals surface area (Å²) in [5, 5.41) is 11.8. The molecule has 0 saturated carbocycles. The molecule has 3 N–H and O–H groups in total. The van der Waals surface area contributed by atoms with Gasteiger partial charge in [0.15, 0.2) is 0 Å². The maximum Gasteiger partial charge on any atom is 0.144 e. The fraction of sp³-hybridized carbons (Fsp3) is 0.533. The lowest BCUT2D eigenvalue weighted by Crippen LogP contribution is -2.32. The number of halogens is 1. The van der Waals surface area contributed by atoms with Crippen molar-refractivity contribution in [2.75, 3.05) is 13.6 Å². The second-order valence-corrected chi connectivity index (χ2v) is 5.80. The van der Waals surface area contributed by atoms with Crippen LogP contribution in [0.2, 0.25) is 0 Å². The smallest absolute Gasteiger partial charge is 0.144 e. The van der Waals surface area contributed by atoms with Gasteiger partial charge in [0, 0.05) is 17.5 Å². The molecule has 0 aromatic heterocycles. The molecule has 0 radical (unpaired) electrons. The lowest BCUT2D eigenvalue weighted by Gasteiger charge is -2.24. The zero-order valence-corrected chi connectivity index (χ0v) is 12.4. The molecule has 4 nitrogen and oxygen atoms in total. The van der Waals surface area contributed by atoms with Gasteiger partial charge in [0.2, 0.25) is 0 Å². The van der Waals surface area contributed by atoms with E-state index in [1.807, 2.05) is 27.0 Å². The number of rotatable bonds is 7. The molecule has 0 bridgehead atoms. The summed E-state index contributed by atoms with van der Waals surface area (Å²) >= 11 is 0. The van der Waals surface area contributed by atoms with E-state index in [1.165, 1.54) is 6.07 Å². The van der Waals surface area contributed by atoms with Crippen LogP contribution in [0.5, 0.6) is 0 Å². The van der Waals surface area contributed by atoms with Gasteiger partial charge >= 0.3 is 0 Å². The van der Waals surface area contributed by atoms with Crippen molar-refractivity contribution in [3.05, 3.63) is 35.6 Å². The van der Waals surface area contributed by atoms with E-state index in [4.69, 9.17) is 10.9 Å². The number of benzene rings is 1. The molecular formula is C15H24FN3O. The van der Waals surface area contributed by atoms with Crippen LogP contribution in [0, 0.1) is 11.2 Å². The second kappa shape index (κ2) is 7.24. The van der Waals surface area contributed by atoms with E-state index in [0.29, 0.717) is 12.1 Å². The van der Waals surface area contributed by atoms with Crippen molar-refractivity contribution in [2.45, 2.75) is 33.2 Å². The Morgan fingerprint density at radius 2 is 2.05 bits per heavy atom. The van der Waals surface area contributed by atoms with Crippen LogP contribution in [0.4, 0.5) is 4.39 Å². The Morgan fingerprint density at radius 3 is 2.65 bits per heavy atom. The molecule has 112 valence electrons. The molecule has 0 aliphatic heterocycles. The highest BCUT2D eigenvalue weighted by atomic mass is 19.1. The number of amidine groups is 1. The molecule has 0 spiro atoms. The van der Waals surface area contributed by atoms with Crippen molar-refractivity contribution in [3.8, 4) is 0 Å². The van der Waals surface area contributed by atoms with Crippen LogP contribution in [0.3, 0.4) is 0 Å². The number of nitrogens with zero attached hydrogens (tertiary/aromatic N) is 2. The average molecular weight is 281 g/mol. The number of hydrogen-bond donors (Lipinski definition) is 2. The van der Waals surface area contributed by atoms with Gasteiger partial charge in [-0.25, -0.2) is 4.39 Å². The summed E-state index contributed by atoms with van der Waals surface area (Å²) in [7, 11) is 1.96. The maximum absolute atomic E-state index is 13.5. The van der Waals surface area contributed by atoms with Crippen molar-refractivity contribution in [1.29, 1.82) is 0 Å². The van der Waals surface area contributed by atoms with E-state index in [-0.39, 0.29) is 17.1 Å². The minimum Gasteiger partial charge on any atom is -0.409 e. The van der Waals surface area contributed by atoms with Gasteiger partial charge in [-0.15, -0.1) is 0 Å². The molecule has 0 unspecified atom stereocenters. The quantitative estimate of drug-likeness (QED) is 0.350. The van der Waals surface area contributed by atoms with Gasteiger partial charge in [-0.2, -0.15) is 0 Å². The third kappa shape index (κ3) is 4.81. The third-order valence-corrected chi connectivity index (χ3v) is 3.54. The zero-order valence-electron chi connectivity index (χ0n) is 12.4. The molecule has 0 aliphatic carbocycles. The predicted octanol–water partition coefficient (Wildman–Crippen LogP) is 2.81. The molecule has 1 aromatic rings. The minimum absolute atomic E-state index is 0.170. The first kappa shape index (κ1) is 16.4. The van der Waals surface area contributed by atoms with Crippen LogP contribution in [-0.4, -0.2) is 29.5 Å². The molecule has 1 aromatic carbocycles. The summed E-state index contributed by atoms with van der Waals surface area (Å²) in [5.74, 6) is 0.0746. The van der Waals surface area contributed by atoms with E-state index < -0.39 is 0 Å². The van der Waals surface area contributed by atoms with Crippen LogP contribution in [-0.2, 0) is 6.54 Å². The fourth-order valence-electron chi connectivity index (χ4n) is 2.05. The van der Waals surface area contributed by atoms with Crippen molar-refractivity contribution in [3.63, 3.8) is 0 Å². The van der Waals surface area contributed by atoms with Gasteiger partial charge in [-0.1, -0.05) is 37.2 Å². The van der Waals surface area contributed by atoms with Gasteiger partial charge in [0.25, 0.3) is 0 Å². The summed E-state index contributed by atoms with van der Waals surface area (Å²) in [4.78, 5) is 2.07. The molecule has 0 heterocycles. The molecule has 0 atom stereocenters. The van der Waals surface area contributed by atoms with Crippen LogP contribution < -0.4 is 5.73 Å². The second-order valence-electron chi connectivity index (χ2n) is 5.80. The van der Waals surface area contributed by atoms with Crippen molar-refractivity contribution in [2.24, 2.45) is 16.3 Å². The Balaban J connectivity index is 2.41. The molecular weight excluding hydrogens is 257 g/mol. The van der Waals surface area contributed by atoms with Gasteiger partial charge in [0.1, 0.15) is 11.7 Å². The molecule has 0 saturated heterocycles. The van der Waals surface area contributed by atoms with E-state index in [1.54, 1.807) is 12.1 Å². The standard InChI is InChI=1S/C15H24FN3O/c1-15(2,14(17)18-20)9-6-10-19(3)11-12-7-4-5-8-13(12)16/h4-5,7-8,20H,6,9-11H2,1-3H3,(H2,17,18). The summed E-state index contributed by atoms with van der Waals surface area (Å²) in [6, 6.07) is 6.81. The first-order chi connectivity index (χ1) is 9.36. The Kier molecular flexibility index (Phi) is 5.95. The van der Waals surface area contributed by atoms with E-state index in [2.05, 4.69) is 10.1 Å². The highest BCUT2D eigenvalue weighted by Crippen LogP contribution is 2.22. The maximum atomic E-state index is 13.5. The number of oxime groups is 1. The lowest BCUT2D eigenvalue weighted by molar-refractivity contribution is 0.285. The molecule has 0 fully saturated rings. The van der Waals surface area contributed by atoms with E-state index >= 15 is 0 Å². The Bertz CT molecular complexity index is 460. The zero-order chi connectivity index (χ0) is 15.2. The summed E-state index contributed by atoms with van der Waals surface area (Å²) in [6.45, 7) is 5.30. The lowest BCUT2D eigenvalue weighted by atomic mass is 9.86. The van der Waals surface area contributed by atoms with Gasteiger partial charge < -0.3 is 15.8 Å².